The number of rotatable bonds is 3. The Labute approximate surface area is 198 Å². The Bertz CT molecular complexity index is 1470. The lowest BCUT2D eigenvalue weighted by Gasteiger charge is -2.20. The van der Waals surface area contributed by atoms with Crippen molar-refractivity contribution in [1.82, 2.24) is 4.98 Å². The highest BCUT2D eigenvalue weighted by Crippen LogP contribution is 2.45. The first kappa shape index (κ1) is 21.4. The van der Waals surface area contributed by atoms with Crippen LogP contribution in [0.3, 0.4) is 0 Å². The first-order valence-electron chi connectivity index (χ1n) is 10.3. The molecule has 5 rings (SSSR count). The van der Waals surface area contributed by atoms with Gasteiger partial charge in [-0.2, -0.15) is 0 Å². The van der Waals surface area contributed by atoms with E-state index in [9.17, 15) is 14.7 Å². The highest BCUT2D eigenvalue weighted by Gasteiger charge is 2.49. The zero-order chi connectivity index (χ0) is 23.4. The van der Waals surface area contributed by atoms with Crippen LogP contribution in [0, 0.1) is 20.8 Å². The minimum absolute atomic E-state index is 0.0520. The smallest absolute Gasteiger partial charge is 0.302 e. The van der Waals surface area contributed by atoms with Gasteiger partial charge in [0.25, 0.3) is 5.78 Å². The summed E-state index contributed by atoms with van der Waals surface area (Å²) in [6, 6.07) is 12.9. The fourth-order valence-corrected chi connectivity index (χ4v) is 5.42. The lowest BCUT2D eigenvalue weighted by atomic mass is 9.99. The number of aryl methyl sites for hydroxylation is 3. The van der Waals surface area contributed by atoms with Crippen molar-refractivity contribution in [2.45, 2.75) is 26.8 Å². The lowest BCUT2D eigenvalue weighted by Crippen LogP contribution is -2.29. The van der Waals surface area contributed by atoms with Gasteiger partial charge in [0.2, 0.25) is 0 Å². The van der Waals surface area contributed by atoms with Crippen molar-refractivity contribution in [2.75, 3.05) is 4.90 Å². The third kappa shape index (κ3) is 3.53. The highest BCUT2D eigenvalue weighted by molar-refractivity contribution is 7.22. The van der Waals surface area contributed by atoms with Crippen LogP contribution in [0.2, 0.25) is 5.02 Å². The van der Waals surface area contributed by atoms with Gasteiger partial charge < -0.3 is 9.52 Å². The molecule has 1 fully saturated rings. The summed E-state index contributed by atoms with van der Waals surface area (Å²) < 4.78 is 6.75. The summed E-state index contributed by atoms with van der Waals surface area (Å²) in [5.41, 5.74) is 3.16. The number of benzene rings is 2. The maximum absolute atomic E-state index is 13.3. The second-order valence-electron chi connectivity index (χ2n) is 8.05. The Morgan fingerprint density at radius 2 is 1.82 bits per heavy atom. The second-order valence-corrected chi connectivity index (χ2v) is 9.49. The number of anilines is 1. The standard InChI is InChI=1S/C25H19ClN2O4S/c1-12-10-13(2)20-18(11-12)33-25(27-20)28-21(17-9-4-14(3)32-17)19(23(30)24(28)31)22(29)15-5-7-16(26)8-6-15/h4-11,21,29H,1-3H3/b22-19+. The third-order valence-electron chi connectivity index (χ3n) is 5.62. The number of aromatic nitrogens is 1. The van der Waals surface area contributed by atoms with Crippen LogP contribution >= 0.6 is 22.9 Å². The van der Waals surface area contributed by atoms with E-state index < -0.39 is 17.7 Å². The number of aliphatic hydroxyl groups is 1. The van der Waals surface area contributed by atoms with Crippen LogP contribution < -0.4 is 4.90 Å². The summed E-state index contributed by atoms with van der Waals surface area (Å²) in [6.45, 7) is 5.73. The quantitative estimate of drug-likeness (QED) is 0.219. The number of aliphatic hydroxyl groups excluding tert-OH is 1. The average molecular weight is 479 g/mol. The monoisotopic (exact) mass is 478 g/mol. The van der Waals surface area contributed by atoms with Crippen molar-refractivity contribution < 1.29 is 19.1 Å². The lowest BCUT2D eigenvalue weighted by molar-refractivity contribution is -0.132. The van der Waals surface area contributed by atoms with Crippen molar-refractivity contribution in [3.05, 3.63) is 87.3 Å². The molecule has 0 bridgehead atoms. The van der Waals surface area contributed by atoms with Crippen LogP contribution in [0.25, 0.3) is 16.0 Å². The van der Waals surface area contributed by atoms with Gasteiger partial charge in [-0.1, -0.05) is 29.0 Å². The molecule has 3 heterocycles. The van der Waals surface area contributed by atoms with Crippen LogP contribution in [0.4, 0.5) is 5.13 Å². The fourth-order valence-electron chi connectivity index (χ4n) is 4.12. The predicted octanol–water partition coefficient (Wildman–Crippen LogP) is 6.09. The van der Waals surface area contributed by atoms with Gasteiger partial charge in [-0.15, -0.1) is 0 Å². The summed E-state index contributed by atoms with van der Waals surface area (Å²) in [5.74, 6) is -0.862. The molecule has 1 saturated heterocycles. The number of hydrogen-bond donors (Lipinski definition) is 1. The first-order chi connectivity index (χ1) is 15.7. The van der Waals surface area contributed by atoms with E-state index in [1.807, 2.05) is 26.0 Å². The highest BCUT2D eigenvalue weighted by atomic mass is 35.5. The predicted molar refractivity (Wildman–Crippen MR) is 129 cm³/mol. The molecule has 166 valence electrons. The van der Waals surface area contributed by atoms with E-state index in [1.165, 1.54) is 16.2 Å². The van der Waals surface area contributed by atoms with Crippen molar-refractivity contribution in [3.63, 3.8) is 0 Å². The van der Waals surface area contributed by atoms with Gasteiger partial charge in [-0.05, 0) is 74.4 Å². The molecule has 4 aromatic rings. The van der Waals surface area contributed by atoms with E-state index in [-0.39, 0.29) is 11.3 Å². The van der Waals surface area contributed by atoms with Gasteiger partial charge in [0.15, 0.2) is 5.13 Å². The molecular weight excluding hydrogens is 460 g/mol. The largest absolute Gasteiger partial charge is 0.507 e. The molecule has 2 aromatic carbocycles. The van der Waals surface area contributed by atoms with Crippen LogP contribution in [0.5, 0.6) is 0 Å². The Morgan fingerprint density at radius 1 is 1.09 bits per heavy atom. The number of fused-ring (bicyclic) bond motifs is 1. The number of nitrogens with zero attached hydrogens (tertiary/aromatic N) is 2. The number of thiazole rings is 1. The molecule has 2 aromatic heterocycles. The molecule has 0 radical (unpaired) electrons. The minimum atomic E-state index is -0.948. The number of furan rings is 1. The SMILES string of the molecule is Cc1cc(C)c2nc(N3C(=O)C(=O)/C(=C(/O)c4ccc(Cl)cc4)C3c3ccc(C)o3)sc2c1. The first-order valence-corrected chi connectivity index (χ1v) is 11.4. The molecule has 1 aliphatic rings. The van der Waals surface area contributed by atoms with Crippen LogP contribution in [-0.2, 0) is 9.59 Å². The van der Waals surface area contributed by atoms with E-state index in [0.717, 1.165) is 21.3 Å². The van der Waals surface area contributed by atoms with E-state index in [1.54, 1.807) is 43.3 Å². The van der Waals surface area contributed by atoms with E-state index in [0.29, 0.717) is 27.2 Å². The average Bonchev–Trinajstić information content (AvgIpc) is 3.45. The van der Waals surface area contributed by atoms with E-state index in [2.05, 4.69) is 4.98 Å². The molecule has 8 heteroatoms. The Hall–Kier alpha value is -3.42. The normalized spacial score (nSPS) is 17.9. The van der Waals surface area contributed by atoms with Crippen LogP contribution in [0.1, 0.15) is 34.3 Å². The van der Waals surface area contributed by atoms with Crippen LogP contribution in [0.15, 0.2) is 58.5 Å². The summed E-state index contributed by atoms with van der Waals surface area (Å²) in [4.78, 5) is 32.5. The van der Waals surface area contributed by atoms with Crippen molar-refractivity contribution in [2.24, 2.45) is 0 Å². The third-order valence-corrected chi connectivity index (χ3v) is 6.87. The minimum Gasteiger partial charge on any atom is -0.507 e. The number of carbonyl (C=O) groups excluding carboxylic acids is 2. The summed E-state index contributed by atoms with van der Waals surface area (Å²) in [5, 5.41) is 12.0. The molecule has 6 nitrogen and oxygen atoms in total. The molecule has 33 heavy (non-hydrogen) atoms. The number of halogens is 1. The number of Topliss-reactive ketones (excluding diaryl/α,β-unsaturated/α-hetero) is 1. The summed E-state index contributed by atoms with van der Waals surface area (Å²) >= 11 is 7.30. The topological polar surface area (TPSA) is 83.6 Å². The maximum Gasteiger partial charge on any atom is 0.302 e. The molecule has 0 saturated carbocycles. The fraction of sp³-hybridized carbons (Fsp3) is 0.160. The number of hydrogen-bond acceptors (Lipinski definition) is 6. The van der Waals surface area contributed by atoms with Gasteiger partial charge in [0, 0.05) is 10.6 Å². The van der Waals surface area contributed by atoms with Gasteiger partial charge in [-0.25, -0.2) is 4.98 Å². The molecule has 0 spiro atoms. The Balaban J connectivity index is 1.73. The molecule has 0 aliphatic carbocycles. The number of carbonyl (C=O) groups is 2. The Morgan fingerprint density at radius 3 is 2.48 bits per heavy atom. The zero-order valence-corrected chi connectivity index (χ0v) is 19.6. The molecule has 1 aliphatic heterocycles. The molecule has 1 amide bonds. The van der Waals surface area contributed by atoms with Crippen LogP contribution in [-0.4, -0.2) is 21.8 Å². The molecule has 1 unspecified atom stereocenters. The van der Waals surface area contributed by atoms with Crippen molar-refractivity contribution in [3.8, 4) is 0 Å². The molecular formula is C25H19ClN2O4S. The summed E-state index contributed by atoms with van der Waals surface area (Å²) in [7, 11) is 0. The Kier molecular flexibility index (Phi) is 5.11. The second kappa shape index (κ2) is 7.86. The molecule has 1 atom stereocenters. The van der Waals surface area contributed by atoms with Gasteiger partial charge in [0.05, 0.1) is 15.8 Å². The summed E-state index contributed by atoms with van der Waals surface area (Å²) in [6.07, 6.45) is 0. The van der Waals surface area contributed by atoms with E-state index >= 15 is 0 Å². The molecule has 1 N–H and O–H groups in total. The maximum atomic E-state index is 13.3. The number of ketones is 1. The van der Waals surface area contributed by atoms with Crippen molar-refractivity contribution in [1.29, 1.82) is 0 Å². The van der Waals surface area contributed by atoms with Crippen molar-refractivity contribution >= 4 is 55.7 Å². The van der Waals surface area contributed by atoms with Gasteiger partial charge >= 0.3 is 5.91 Å². The zero-order valence-electron chi connectivity index (χ0n) is 18.0. The number of amides is 1. The van der Waals surface area contributed by atoms with Gasteiger partial charge in [-0.3, -0.25) is 14.5 Å². The van der Waals surface area contributed by atoms with Gasteiger partial charge in [0.1, 0.15) is 23.3 Å². The van der Waals surface area contributed by atoms with E-state index in [4.69, 9.17) is 16.0 Å².